The fraction of sp³-hybridized carbons (Fsp3) is 0.533. The number of benzene rings is 1. The average molecular weight is 292 g/mol. The van der Waals surface area contributed by atoms with E-state index in [1.54, 1.807) is 12.1 Å². The molecule has 0 aliphatic heterocycles. The number of carbonyl (C=O) groups is 1. The van der Waals surface area contributed by atoms with Crippen molar-refractivity contribution >= 4 is 11.7 Å². The van der Waals surface area contributed by atoms with Crippen molar-refractivity contribution in [3.05, 3.63) is 39.9 Å². The summed E-state index contributed by atoms with van der Waals surface area (Å²) in [6.45, 7) is 0.806. The first-order valence-corrected chi connectivity index (χ1v) is 7.26. The minimum Gasteiger partial charge on any atom is -0.481 e. The van der Waals surface area contributed by atoms with Crippen molar-refractivity contribution in [1.82, 2.24) is 5.32 Å². The lowest BCUT2D eigenvalue weighted by molar-refractivity contribution is -0.384. The van der Waals surface area contributed by atoms with Gasteiger partial charge in [-0.2, -0.15) is 0 Å². The molecule has 114 valence electrons. The van der Waals surface area contributed by atoms with Gasteiger partial charge in [0.2, 0.25) is 0 Å². The Morgan fingerprint density at radius 3 is 2.38 bits per heavy atom. The lowest BCUT2D eigenvalue weighted by Gasteiger charge is -2.26. The first-order valence-electron chi connectivity index (χ1n) is 7.26. The summed E-state index contributed by atoms with van der Waals surface area (Å²) >= 11 is 0. The highest BCUT2D eigenvalue weighted by atomic mass is 16.6. The average Bonchev–Trinajstić information content (AvgIpc) is 2.48. The molecule has 0 heterocycles. The summed E-state index contributed by atoms with van der Waals surface area (Å²) in [7, 11) is 0. The van der Waals surface area contributed by atoms with Crippen LogP contribution in [0.25, 0.3) is 0 Å². The van der Waals surface area contributed by atoms with Gasteiger partial charge in [0.15, 0.2) is 0 Å². The summed E-state index contributed by atoms with van der Waals surface area (Å²) in [5.74, 6) is -0.864. The minimum atomic E-state index is -0.681. The van der Waals surface area contributed by atoms with Gasteiger partial charge >= 0.3 is 5.97 Å². The Balaban J connectivity index is 1.70. The Bertz CT molecular complexity index is 493. The molecule has 1 saturated carbocycles. The standard InChI is InChI=1S/C15H20N2O4/c18-15(19)12-3-5-13(6-4-12)16-10-9-11-1-7-14(8-2-11)17(20)21/h1-2,7-8,12-13,16H,3-6,9-10H2,(H,18,19). The van der Waals surface area contributed by atoms with Crippen molar-refractivity contribution in [3.63, 3.8) is 0 Å². The quantitative estimate of drug-likeness (QED) is 0.620. The van der Waals surface area contributed by atoms with E-state index < -0.39 is 10.9 Å². The third kappa shape index (κ3) is 4.53. The number of rotatable bonds is 6. The predicted octanol–water partition coefficient (Wildman–Crippen LogP) is 2.37. The molecule has 6 heteroatoms. The molecule has 0 bridgehead atoms. The van der Waals surface area contributed by atoms with Gasteiger partial charge in [0, 0.05) is 18.2 Å². The van der Waals surface area contributed by atoms with Gasteiger partial charge in [0.05, 0.1) is 10.8 Å². The van der Waals surface area contributed by atoms with Crippen molar-refractivity contribution in [2.45, 2.75) is 38.1 Å². The molecule has 1 aliphatic rings. The van der Waals surface area contributed by atoms with Gasteiger partial charge in [-0.1, -0.05) is 12.1 Å². The third-order valence-corrected chi connectivity index (χ3v) is 4.07. The maximum Gasteiger partial charge on any atom is 0.306 e. The number of nitrogens with zero attached hydrogens (tertiary/aromatic N) is 1. The van der Waals surface area contributed by atoms with Crippen LogP contribution in [-0.4, -0.2) is 28.6 Å². The Morgan fingerprint density at radius 2 is 1.86 bits per heavy atom. The summed E-state index contributed by atoms with van der Waals surface area (Å²) in [5, 5.41) is 22.9. The first kappa shape index (κ1) is 15.4. The SMILES string of the molecule is O=C(O)C1CCC(NCCc2ccc([N+](=O)[O-])cc2)CC1. The van der Waals surface area contributed by atoms with E-state index in [0.29, 0.717) is 6.04 Å². The van der Waals surface area contributed by atoms with Crippen molar-refractivity contribution in [3.8, 4) is 0 Å². The molecule has 0 saturated heterocycles. The van der Waals surface area contributed by atoms with Crippen molar-refractivity contribution < 1.29 is 14.8 Å². The summed E-state index contributed by atoms with van der Waals surface area (Å²) in [6, 6.07) is 6.99. The van der Waals surface area contributed by atoms with Crippen LogP contribution in [0.1, 0.15) is 31.2 Å². The molecular formula is C15H20N2O4. The van der Waals surface area contributed by atoms with Crippen LogP contribution in [0.2, 0.25) is 0 Å². The van der Waals surface area contributed by atoms with Crippen LogP contribution in [0, 0.1) is 16.0 Å². The minimum absolute atomic E-state index is 0.110. The molecule has 1 aromatic carbocycles. The molecule has 0 amide bonds. The molecule has 0 aromatic heterocycles. The highest BCUT2D eigenvalue weighted by Gasteiger charge is 2.25. The third-order valence-electron chi connectivity index (χ3n) is 4.07. The highest BCUT2D eigenvalue weighted by Crippen LogP contribution is 2.24. The van der Waals surface area contributed by atoms with Crippen LogP contribution in [0.5, 0.6) is 0 Å². The van der Waals surface area contributed by atoms with E-state index in [2.05, 4.69) is 5.32 Å². The number of carboxylic acid groups (broad SMARTS) is 1. The fourth-order valence-electron chi connectivity index (χ4n) is 2.75. The fourth-order valence-corrected chi connectivity index (χ4v) is 2.75. The van der Waals surface area contributed by atoms with Crippen LogP contribution in [0.4, 0.5) is 5.69 Å². The number of hydrogen-bond acceptors (Lipinski definition) is 4. The zero-order valence-electron chi connectivity index (χ0n) is 11.8. The number of aliphatic carboxylic acids is 1. The summed E-state index contributed by atoms with van der Waals surface area (Å²) < 4.78 is 0. The summed E-state index contributed by atoms with van der Waals surface area (Å²) in [6.07, 6.45) is 4.10. The van der Waals surface area contributed by atoms with Crippen molar-refractivity contribution in [1.29, 1.82) is 0 Å². The van der Waals surface area contributed by atoms with Gasteiger partial charge in [0.25, 0.3) is 5.69 Å². The van der Waals surface area contributed by atoms with Crippen LogP contribution in [0.3, 0.4) is 0 Å². The van der Waals surface area contributed by atoms with Crippen LogP contribution in [-0.2, 0) is 11.2 Å². The van der Waals surface area contributed by atoms with E-state index in [-0.39, 0.29) is 11.6 Å². The molecular weight excluding hydrogens is 272 g/mol. The topological polar surface area (TPSA) is 92.5 Å². The molecule has 21 heavy (non-hydrogen) atoms. The van der Waals surface area contributed by atoms with E-state index >= 15 is 0 Å². The monoisotopic (exact) mass is 292 g/mol. The Labute approximate surface area is 123 Å². The van der Waals surface area contributed by atoms with Crippen LogP contribution in [0.15, 0.2) is 24.3 Å². The van der Waals surface area contributed by atoms with E-state index in [1.807, 2.05) is 0 Å². The molecule has 0 unspecified atom stereocenters. The second-order valence-electron chi connectivity index (χ2n) is 5.51. The molecule has 0 radical (unpaired) electrons. The number of nitro groups is 1. The zero-order chi connectivity index (χ0) is 15.2. The van der Waals surface area contributed by atoms with Crippen LogP contribution < -0.4 is 5.32 Å². The molecule has 1 aliphatic carbocycles. The number of nitrogens with one attached hydrogen (secondary N) is 1. The molecule has 1 fully saturated rings. The smallest absolute Gasteiger partial charge is 0.306 e. The van der Waals surface area contributed by atoms with Gasteiger partial charge in [0.1, 0.15) is 0 Å². The Hall–Kier alpha value is -1.95. The summed E-state index contributed by atoms with van der Waals surface area (Å²) in [5.41, 5.74) is 1.17. The van der Waals surface area contributed by atoms with E-state index in [1.165, 1.54) is 12.1 Å². The van der Waals surface area contributed by atoms with E-state index in [4.69, 9.17) is 5.11 Å². The van der Waals surface area contributed by atoms with Crippen molar-refractivity contribution in [2.24, 2.45) is 5.92 Å². The number of non-ortho nitro benzene ring substituents is 1. The van der Waals surface area contributed by atoms with Gasteiger partial charge < -0.3 is 10.4 Å². The molecule has 1 aromatic rings. The van der Waals surface area contributed by atoms with E-state index in [0.717, 1.165) is 44.2 Å². The number of carboxylic acids is 1. The van der Waals surface area contributed by atoms with Gasteiger partial charge in [-0.05, 0) is 44.2 Å². The van der Waals surface area contributed by atoms with Gasteiger partial charge in [-0.15, -0.1) is 0 Å². The number of hydrogen-bond donors (Lipinski definition) is 2. The van der Waals surface area contributed by atoms with Crippen LogP contribution >= 0.6 is 0 Å². The molecule has 0 spiro atoms. The zero-order valence-corrected chi connectivity index (χ0v) is 11.8. The Morgan fingerprint density at radius 1 is 1.24 bits per heavy atom. The highest BCUT2D eigenvalue weighted by molar-refractivity contribution is 5.70. The van der Waals surface area contributed by atoms with Gasteiger partial charge in [-0.3, -0.25) is 14.9 Å². The predicted molar refractivity (Wildman–Crippen MR) is 78.2 cm³/mol. The normalized spacial score (nSPS) is 21.9. The Kier molecular flexibility index (Phi) is 5.27. The molecule has 0 atom stereocenters. The lowest BCUT2D eigenvalue weighted by Crippen LogP contribution is -2.36. The molecule has 2 N–H and O–H groups in total. The maximum atomic E-state index is 10.9. The second-order valence-corrected chi connectivity index (χ2v) is 5.51. The summed E-state index contributed by atoms with van der Waals surface area (Å²) in [4.78, 5) is 21.0. The second kappa shape index (κ2) is 7.17. The number of nitro benzene ring substituents is 1. The largest absolute Gasteiger partial charge is 0.481 e. The molecule has 2 rings (SSSR count). The first-order chi connectivity index (χ1) is 10.1. The maximum absolute atomic E-state index is 10.9. The lowest BCUT2D eigenvalue weighted by atomic mass is 9.86. The molecule has 6 nitrogen and oxygen atoms in total. The van der Waals surface area contributed by atoms with E-state index in [9.17, 15) is 14.9 Å². The van der Waals surface area contributed by atoms with Crippen molar-refractivity contribution in [2.75, 3.05) is 6.54 Å². The van der Waals surface area contributed by atoms with Gasteiger partial charge in [-0.25, -0.2) is 0 Å².